The zero-order chi connectivity index (χ0) is 20.4. The van der Waals surface area contributed by atoms with E-state index in [0.717, 1.165) is 57.9 Å². The summed E-state index contributed by atoms with van der Waals surface area (Å²) in [5.74, 6) is 0.895. The van der Waals surface area contributed by atoms with E-state index in [1.54, 1.807) is 0 Å². The minimum Gasteiger partial charge on any atom is -0.385 e. The van der Waals surface area contributed by atoms with Crippen LogP contribution in [0.1, 0.15) is 85.0 Å². The average molecular weight is 388 g/mol. The first-order chi connectivity index (χ1) is 13.1. The Morgan fingerprint density at radius 3 is 2.61 bits per heavy atom. The normalized spacial score (nSPS) is 47.4. The number of carbonyl (C=O) groups is 2. The molecule has 4 aliphatic carbocycles. The summed E-state index contributed by atoms with van der Waals surface area (Å²) in [6.45, 7) is 11.4. The van der Waals surface area contributed by atoms with Crippen LogP contribution >= 0.6 is 0 Å². The van der Waals surface area contributed by atoms with Crippen LogP contribution in [0.5, 0.6) is 0 Å². The number of hydrogen-bond donors (Lipinski definition) is 2. The molecule has 1 spiro atoms. The van der Waals surface area contributed by atoms with Crippen LogP contribution in [0, 0.1) is 28.1 Å². The van der Waals surface area contributed by atoms with Crippen LogP contribution in [0.4, 0.5) is 0 Å². The van der Waals surface area contributed by atoms with Gasteiger partial charge in [0.1, 0.15) is 0 Å². The van der Waals surface area contributed by atoms with E-state index >= 15 is 0 Å². The minimum absolute atomic E-state index is 0.0189. The molecular weight excluding hydrogens is 350 g/mol. The second kappa shape index (κ2) is 6.42. The van der Waals surface area contributed by atoms with E-state index in [2.05, 4.69) is 32.7 Å². The number of fused-ring (bicyclic) bond motifs is 3. The molecule has 0 aromatic carbocycles. The monoisotopic (exact) mass is 387 g/mol. The first-order valence-electron chi connectivity index (χ1n) is 11.4. The summed E-state index contributed by atoms with van der Waals surface area (Å²) in [5, 5.41) is 14.2. The van der Waals surface area contributed by atoms with Gasteiger partial charge in [-0.05, 0) is 68.6 Å². The smallest absolute Gasteiger partial charge is 0.226 e. The van der Waals surface area contributed by atoms with Crippen molar-refractivity contribution in [3.05, 3.63) is 12.2 Å². The van der Waals surface area contributed by atoms with Gasteiger partial charge in [-0.25, -0.2) is 0 Å². The molecule has 6 atom stereocenters. The third-order valence-corrected chi connectivity index (χ3v) is 9.40. The first-order valence-corrected chi connectivity index (χ1v) is 11.4. The lowest BCUT2D eigenvalue weighted by Gasteiger charge is -2.63. The van der Waals surface area contributed by atoms with Crippen molar-refractivity contribution in [2.24, 2.45) is 28.1 Å². The molecule has 4 rings (SSSR count). The van der Waals surface area contributed by atoms with Crippen molar-refractivity contribution < 1.29 is 14.7 Å². The highest BCUT2D eigenvalue weighted by Crippen LogP contribution is 2.71. The fourth-order valence-electron chi connectivity index (χ4n) is 7.97. The molecule has 0 radical (unpaired) electrons. The highest BCUT2D eigenvalue weighted by Gasteiger charge is 2.70. The van der Waals surface area contributed by atoms with E-state index in [-0.39, 0.29) is 28.4 Å². The molecule has 0 aromatic heterocycles. The largest absolute Gasteiger partial charge is 0.385 e. The maximum absolute atomic E-state index is 13.3. The molecule has 4 aliphatic rings. The van der Waals surface area contributed by atoms with E-state index in [9.17, 15) is 14.7 Å². The third-order valence-electron chi connectivity index (χ3n) is 9.40. The summed E-state index contributed by atoms with van der Waals surface area (Å²) in [7, 11) is 0. The molecular formula is C24H37NO3. The van der Waals surface area contributed by atoms with Gasteiger partial charge in [0.25, 0.3) is 0 Å². The van der Waals surface area contributed by atoms with E-state index in [1.807, 2.05) is 0 Å². The number of carbonyl (C=O) groups excluding carboxylic acids is 2. The van der Waals surface area contributed by atoms with Crippen LogP contribution in [-0.2, 0) is 9.59 Å². The van der Waals surface area contributed by atoms with Crippen molar-refractivity contribution in [2.75, 3.05) is 6.54 Å². The molecule has 4 nitrogen and oxygen atoms in total. The van der Waals surface area contributed by atoms with Crippen LogP contribution < -0.4 is 5.32 Å². The molecule has 2 N–H and O–H groups in total. The SMILES string of the molecule is C=C1C(=O)[C@@]23CC[C@H]4C(C)(CCC[C@@]4(C)C(=O)NCCCC)[C@@H]2CC[C@@]1(O)C3. The van der Waals surface area contributed by atoms with Gasteiger partial charge >= 0.3 is 0 Å². The number of ketones is 1. The van der Waals surface area contributed by atoms with E-state index in [4.69, 9.17) is 0 Å². The number of amides is 1. The Kier molecular flexibility index (Phi) is 4.61. The van der Waals surface area contributed by atoms with Gasteiger partial charge in [0.2, 0.25) is 5.91 Å². The molecule has 0 aliphatic heterocycles. The zero-order valence-electron chi connectivity index (χ0n) is 17.9. The number of nitrogens with one attached hydrogen (secondary N) is 1. The number of unbranched alkanes of at least 4 members (excludes halogenated alkanes) is 1. The molecule has 4 fully saturated rings. The van der Waals surface area contributed by atoms with Crippen LogP contribution in [-0.4, -0.2) is 28.9 Å². The number of hydrogen-bond acceptors (Lipinski definition) is 3. The van der Waals surface area contributed by atoms with Gasteiger partial charge < -0.3 is 10.4 Å². The van der Waals surface area contributed by atoms with Gasteiger partial charge in [-0.3, -0.25) is 9.59 Å². The fourth-order valence-corrected chi connectivity index (χ4v) is 7.97. The Hall–Kier alpha value is -1.16. The topological polar surface area (TPSA) is 66.4 Å². The Bertz CT molecular complexity index is 717. The maximum Gasteiger partial charge on any atom is 0.226 e. The van der Waals surface area contributed by atoms with Crippen LogP contribution in [0.15, 0.2) is 12.2 Å². The maximum atomic E-state index is 13.3. The van der Waals surface area contributed by atoms with Gasteiger partial charge in [0, 0.05) is 22.9 Å². The van der Waals surface area contributed by atoms with E-state index in [0.29, 0.717) is 24.3 Å². The predicted molar refractivity (Wildman–Crippen MR) is 110 cm³/mol. The molecule has 1 amide bonds. The van der Waals surface area contributed by atoms with Crippen molar-refractivity contribution in [1.82, 2.24) is 5.32 Å². The lowest BCUT2D eigenvalue weighted by Crippen LogP contribution is -2.61. The van der Waals surface area contributed by atoms with Gasteiger partial charge in [-0.2, -0.15) is 0 Å². The van der Waals surface area contributed by atoms with Crippen LogP contribution in [0.3, 0.4) is 0 Å². The summed E-state index contributed by atoms with van der Waals surface area (Å²) < 4.78 is 0. The zero-order valence-corrected chi connectivity index (χ0v) is 17.9. The quantitative estimate of drug-likeness (QED) is 0.562. The molecule has 28 heavy (non-hydrogen) atoms. The van der Waals surface area contributed by atoms with Crippen LogP contribution in [0.25, 0.3) is 0 Å². The molecule has 0 saturated heterocycles. The summed E-state index contributed by atoms with van der Waals surface area (Å²) in [5.41, 5.74) is -1.34. The van der Waals surface area contributed by atoms with Gasteiger partial charge in [-0.1, -0.05) is 40.2 Å². The highest BCUT2D eigenvalue weighted by molar-refractivity contribution is 6.04. The number of aliphatic hydroxyl groups is 1. The molecule has 1 unspecified atom stereocenters. The van der Waals surface area contributed by atoms with Gasteiger partial charge in [0.05, 0.1) is 5.60 Å². The summed E-state index contributed by atoms with van der Waals surface area (Å²) >= 11 is 0. The van der Waals surface area contributed by atoms with Crippen molar-refractivity contribution in [1.29, 1.82) is 0 Å². The molecule has 4 saturated carbocycles. The lowest BCUT2D eigenvalue weighted by atomic mass is 9.40. The first kappa shape index (κ1) is 20.1. The second-order valence-corrected chi connectivity index (χ2v) is 10.7. The van der Waals surface area contributed by atoms with Gasteiger partial charge in [-0.15, -0.1) is 0 Å². The van der Waals surface area contributed by atoms with Crippen LogP contribution in [0.2, 0.25) is 0 Å². The molecule has 2 bridgehead atoms. The minimum atomic E-state index is -0.980. The van der Waals surface area contributed by atoms with Crippen molar-refractivity contribution in [3.63, 3.8) is 0 Å². The Morgan fingerprint density at radius 2 is 1.89 bits per heavy atom. The average Bonchev–Trinajstić information content (AvgIpc) is 2.78. The molecule has 0 aromatic rings. The predicted octanol–water partition coefficient (Wildman–Crippen LogP) is 4.17. The fraction of sp³-hybridized carbons (Fsp3) is 0.833. The molecule has 156 valence electrons. The van der Waals surface area contributed by atoms with Crippen molar-refractivity contribution in [2.45, 2.75) is 90.6 Å². The van der Waals surface area contributed by atoms with E-state index in [1.165, 1.54) is 0 Å². The van der Waals surface area contributed by atoms with Crippen molar-refractivity contribution >= 4 is 11.7 Å². The number of rotatable bonds is 4. The van der Waals surface area contributed by atoms with Crippen molar-refractivity contribution in [3.8, 4) is 0 Å². The molecule has 4 heteroatoms. The van der Waals surface area contributed by atoms with E-state index < -0.39 is 11.0 Å². The second-order valence-electron chi connectivity index (χ2n) is 10.7. The summed E-state index contributed by atoms with van der Waals surface area (Å²) in [4.78, 5) is 26.5. The Balaban J connectivity index is 1.66. The van der Waals surface area contributed by atoms with Gasteiger partial charge in [0.15, 0.2) is 5.78 Å². The highest BCUT2D eigenvalue weighted by atomic mass is 16.3. The molecule has 0 heterocycles. The Morgan fingerprint density at radius 1 is 1.18 bits per heavy atom. The summed E-state index contributed by atoms with van der Waals surface area (Å²) in [6.07, 6.45) is 8.95. The summed E-state index contributed by atoms with van der Waals surface area (Å²) in [6, 6.07) is 0. The lowest BCUT2D eigenvalue weighted by molar-refractivity contribution is -0.178. The number of Topliss-reactive ketones (excluding diaryl/α,β-unsaturated/α-hetero) is 1. The third kappa shape index (κ3) is 2.45. The Labute approximate surface area is 169 Å². The standard InChI is InChI=1S/C24H37NO3/c1-5-6-14-25-20(27)22(4)11-7-10-21(3)17(22)8-12-23-15-24(28,13-9-18(21)23)16(2)19(23)26/h17-18,28H,2,5-15H2,1,3-4H3,(H,25,27)/t17-,18-,21?,22+,23+,24+/m0/s1.